The van der Waals surface area contributed by atoms with Crippen LogP contribution in [0.4, 0.5) is 17.6 Å². The van der Waals surface area contributed by atoms with Gasteiger partial charge in [-0.1, -0.05) is 24.3 Å². The topological polar surface area (TPSA) is 29.1 Å². The Balaban J connectivity index is 1.80. The van der Waals surface area contributed by atoms with Gasteiger partial charge in [-0.05, 0) is 47.9 Å². The Morgan fingerprint density at radius 2 is 1.79 bits per heavy atom. The first-order chi connectivity index (χ1) is 11.3. The second kappa shape index (κ2) is 7.77. The van der Waals surface area contributed by atoms with Gasteiger partial charge in [-0.3, -0.25) is 4.79 Å². The average Bonchev–Trinajstić information content (AvgIpc) is 2.53. The Morgan fingerprint density at radius 1 is 1.08 bits per heavy atom. The largest absolute Gasteiger partial charge is 0.416 e. The summed E-state index contributed by atoms with van der Waals surface area (Å²) in [7, 11) is 0. The van der Waals surface area contributed by atoms with Crippen LogP contribution in [0.5, 0.6) is 0 Å². The number of hydrogen-bond acceptors (Lipinski definition) is 1. The fraction of sp³-hybridized carbons (Fsp3) is 0.167. The van der Waals surface area contributed by atoms with Crippen LogP contribution in [0, 0.1) is 5.82 Å². The first-order valence-electron chi connectivity index (χ1n) is 7.22. The number of alkyl halides is 3. The maximum absolute atomic E-state index is 13.0. The number of carbonyl (C=O) groups is 1. The number of nitrogens with one attached hydrogen (secondary N) is 1. The van der Waals surface area contributed by atoms with Crippen molar-refractivity contribution in [3.05, 3.63) is 77.1 Å². The molecule has 2 nitrogen and oxygen atoms in total. The summed E-state index contributed by atoms with van der Waals surface area (Å²) in [5, 5.41) is 2.62. The van der Waals surface area contributed by atoms with Crippen molar-refractivity contribution < 1.29 is 22.4 Å². The Kier molecular flexibility index (Phi) is 5.73. The van der Waals surface area contributed by atoms with Crippen LogP contribution in [0.25, 0.3) is 6.08 Å². The summed E-state index contributed by atoms with van der Waals surface area (Å²) < 4.78 is 50.3. The van der Waals surface area contributed by atoms with Crippen LogP contribution >= 0.6 is 0 Å². The maximum Gasteiger partial charge on any atom is 0.416 e. The summed E-state index contributed by atoms with van der Waals surface area (Å²) >= 11 is 0. The normalized spacial score (nSPS) is 11.7. The van der Waals surface area contributed by atoms with Gasteiger partial charge in [0.2, 0.25) is 5.91 Å². The summed E-state index contributed by atoms with van der Waals surface area (Å²) in [6.45, 7) is 0.289. The quantitative estimate of drug-likeness (QED) is 0.642. The molecule has 0 unspecified atom stereocenters. The van der Waals surface area contributed by atoms with Gasteiger partial charge in [-0.15, -0.1) is 0 Å². The van der Waals surface area contributed by atoms with Gasteiger partial charge in [-0.2, -0.15) is 13.2 Å². The molecular weight excluding hydrogens is 322 g/mol. The predicted octanol–water partition coefficient (Wildman–Crippen LogP) is 4.22. The lowest BCUT2D eigenvalue weighted by Gasteiger charge is -2.07. The molecule has 0 aromatic heterocycles. The summed E-state index contributed by atoms with van der Waals surface area (Å²) in [4.78, 5) is 11.6. The smallest absolute Gasteiger partial charge is 0.352 e. The van der Waals surface area contributed by atoms with E-state index in [0.29, 0.717) is 17.5 Å². The van der Waals surface area contributed by atoms with E-state index in [9.17, 15) is 22.4 Å². The van der Waals surface area contributed by atoms with Crippen molar-refractivity contribution in [2.45, 2.75) is 12.6 Å². The molecule has 0 aliphatic carbocycles. The third kappa shape index (κ3) is 5.53. The zero-order chi connectivity index (χ0) is 17.6. The Labute approximate surface area is 136 Å². The van der Waals surface area contributed by atoms with E-state index in [1.807, 2.05) is 0 Å². The number of amides is 1. The van der Waals surface area contributed by atoms with E-state index in [-0.39, 0.29) is 18.3 Å². The first kappa shape index (κ1) is 17.7. The predicted molar refractivity (Wildman–Crippen MR) is 83.6 cm³/mol. The molecule has 0 spiro atoms. The molecule has 126 valence electrons. The lowest BCUT2D eigenvalue weighted by atomic mass is 10.1. The van der Waals surface area contributed by atoms with E-state index in [4.69, 9.17) is 0 Å². The van der Waals surface area contributed by atoms with Gasteiger partial charge in [0.1, 0.15) is 5.82 Å². The number of benzene rings is 2. The van der Waals surface area contributed by atoms with Gasteiger partial charge in [0.05, 0.1) is 5.56 Å². The van der Waals surface area contributed by atoms with Crippen molar-refractivity contribution in [3.63, 3.8) is 0 Å². The molecule has 0 radical (unpaired) electrons. The minimum absolute atomic E-state index is 0.289. The van der Waals surface area contributed by atoms with Gasteiger partial charge >= 0.3 is 6.18 Å². The molecule has 2 rings (SSSR count). The molecule has 24 heavy (non-hydrogen) atoms. The second-order valence-electron chi connectivity index (χ2n) is 5.12. The molecule has 0 saturated carbocycles. The minimum atomic E-state index is -4.35. The highest BCUT2D eigenvalue weighted by Crippen LogP contribution is 2.29. The molecule has 0 atom stereocenters. The maximum atomic E-state index is 13.0. The van der Waals surface area contributed by atoms with Gasteiger partial charge in [0.25, 0.3) is 0 Å². The van der Waals surface area contributed by atoms with Crippen LogP contribution in [0.2, 0.25) is 0 Å². The lowest BCUT2D eigenvalue weighted by Crippen LogP contribution is -2.23. The van der Waals surface area contributed by atoms with E-state index in [1.165, 1.54) is 42.5 Å². The van der Waals surface area contributed by atoms with Crippen molar-refractivity contribution in [3.8, 4) is 0 Å². The van der Waals surface area contributed by atoms with Gasteiger partial charge in [0, 0.05) is 12.6 Å². The highest BCUT2D eigenvalue weighted by atomic mass is 19.4. The highest BCUT2D eigenvalue weighted by Gasteiger charge is 2.29. The number of hydrogen-bond donors (Lipinski definition) is 1. The molecule has 2 aromatic rings. The van der Waals surface area contributed by atoms with E-state index in [0.717, 1.165) is 12.1 Å². The van der Waals surface area contributed by atoms with Crippen LogP contribution < -0.4 is 5.32 Å². The van der Waals surface area contributed by atoms with Crippen molar-refractivity contribution in [2.75, 3.05) is 6.54 Å². The molecule has 2 aromatic carbocycles. The third-order valence-corrected chi connectivity index (χ3v) is 3.27. The van der Waals surface area contributed by atoms with Crippen LogP contribution in [-0.4, -0.2) is 12.5 Å². The highest BCUT2D eigenvalue weighted by molar-refractivity contribution is 5.91. The standard InChI is InChI=1S/C18H15F4NO/c19-16-3-1-2-14(12-16)6-9-17(24)23-11-10-13-4-7-15(8-5-13)18(20,21)22/h1-9,12H,10-11H2,(H,23,24)/b9-6+. The van der Waals surface area contributed by atoms with Crippen LogP contribution in [0.3, 0.4) is 0 Å². The Bertz CT molecular complexity index is 721. The molecule has 0 heterocycles. The molecule has 0 aliphatic heterocycles. The zero-order valence-corrected chi connectivity index (χ0v) is 12.6. The monoisotopic (exact) mass is 337 g/mol. The summed E-state index contributed by atoms with van der Waals surface area (Å²) in [5.41, 5.74) is 0.554. The number of halogens is 4. The molecule has 0 bridgehead atoms. The van der Waals surface area contributed by atoms with Crippen molar-refractivity contribution in [1.82, 2.24) is 5.32 Å². The molecule has 1 N–H and O–H groups in total. The Morgan fingerprint density at radius 3 is 2.42 bits per heavy atom. The molecule has 0 saturated heterocycles. The van der Waals surface area contributed by atoms with E-state index in [2.05, 4.69) is 5.32 Å². The summed E-state index contributed by atoms with van der Waals surface area (Å²) in [6.07, 6.45) is -1.18. The van der Waals surface area contributed by atoms with E-state index >= 15 is 0 Å². The Hall–Kier alpha value is -2.63. The molecule has 1 amide bonds. The third-order valence-electron chi connectivity index (χ3n) is 3.27. The number of carbonyl (C=O) groups excluding carboxylic acids is 1. The average molecular weight is 337 g/mol. The van der Waals surface area contributed by atoms with E-state index in [1.54, 1.807) is 6.07 Å². The summed E-state index contributed by atoms with van der Waals surface area (Å²) in [6, 6.07) is 10.6. The van der Waals surface area contributed by atoms with Crippen LogP contribution in [0.15, 0.2) is 54.6 Å². The summed E-state index contributed by atoms with van der Waals surface area (Å²) in [5.74, 6) is -0.744. The molecule has 6 heteroatoms. The lowest BCUT2D eigenvalue weighted by molar-refractivity contribution is -0.137. The van der Waals surface area contributed by atoms with Crippen molar-refractivity contribution in [2.24, 2.45) is 0 Å². The first-order valence-corrected chi connectivity index (χ1v) is 7.22. The van der Waals surface area contributed by atoms with Crippen molar-refractivity contribution >= 4 is 12.0 Å². The van der Waals surface area contributed by atoms with Crippen molar-refractivity contribution in [1.29, 1.82) is 0 Å². The number of rotatable bonds is 5. The zero-order valence-electron chi connectivity index (χ0n) is 12.6. The van der Waals surface area contributed by atoms with Crippen LogP contribution in [0.1, 0.15) is 16.7 Å². The van der Waals surface area contributed by atoms with E-state index < -0.39 is 11.7 Å². The fourth-order valence-corrected chi connectivity index (χ4v) is 2.03. The van der Waals surface area contributed by atoms with Gasteiger partial charge in [-0.25, -0.2) is 4.39 Å². The SMILES string of the molecule is O=C(/C=C/c1cccc(F)c1)NCCc1ccc(C(F)(F)F)cc1. The fourth-order valence-electron chi connectivity index (χ4n) is 2.03. The van der Waals surface area contributed by atoms with Gasteiger partial charge in [0.15, 0.2) is 0 Å². The molecule has 0 aliphatic rings. The molecular formula is C18H15F4NO. The second-order valence-corrected chi connectivity index (χ2v) is 5.12. The minimum Gasteiger partial charge on any atom is -0.352 e. The van der Waals surface area contributed by atoms with Gasteiger partial charge < -0.3 is 5.32 Å². The molecule has 0 fully saturated rings. The van der Waals surface area contributed by atoms with Crippen LogP contribution in [-0.2, 0) is 17.4 Å².